The van der Waals surface area contributed by atoms with Crippen LogP contribution in [0.25, 0.3) is 11.1 Å². The third-order valence-corrected chi connectivity index (χ3v) is 4.82. The fourth-order valence-corrected chi connectivity index (χ4v) is 3.22. The van der Waals surface area contributed by atoms with Crippen molar-refractivity contribution in [3.05, 3.63) is 50.7 Å². The fourth-order valence-electron chi connectivity index (χ4n) is 2.40. The average Bonchev–Trinajstić information content (AvgIpc) is 3.00. The molecule has 0 fully saturated rings. The number of nitrogens with two attached hydrogens (primary N) is 1. The average molecular weight is 360 g/mol. The summed E-state index contributed by atoms with van der Waals surface area (Å²) >= 11 is 1.09. The number of nitrogens with zero attached hydrogens (tertiary/aromatic N) is 3. The predicted octanol–water partition coefficient (Wildman–Crippen LogP) is 1.17. The van der Waals surface area contributed by atoms with Crippen molar-refractivity contribution >= 4 is 34.5 Å². The minimum atomic E-state index is -0.712. The van der Waals surface area contributed by atoms with Gasteiger partial charge in [-0.05, 0) is 19.1 Å². The van der Waals surface area contributed by atoms with E-state index in [1.54, 1.807) is 19.1 Å². The van der Waals surface area contributed by atoms with Gasteiger partial charge in [-0.25, -0.2) is 9.78 Å². The van der Waals surface area contributed by atoms with Gasteiger partial charge >= 0.3 is 5.69 Å². The van der Waals surface area contributed by atoms with E-state index < -0.39 is 22.3 Å². The predicted molar refractivity (Wildman–Crippen MR) is 95.0 cm³/mol. The summed E-state index contributed by atoms with van der Waals surface area (Å²) in [4.78, 5) is 41.2. The summed E-state index contributed by atoms with van der Waals surface area (Å²) in [7, 11) is 2.71. The molecule has 0 bridgehead atoms. The van der Waals surface area contributed by atoms with E-state index in [9.17, 15) is 14.4 Å². The standard InChI is InChI=1S/C16H16N4O4S/c1-8(25-15-18-9-6-4-5-7-10(9)24-15)12(21)11-13(17)19(2)16(23)20(3)14(11)22/h4-8H,17H2,1-3H3/t8-/m0/s1. The van der Waals surface area contributed by atoms with E-state index in [1.807, 2.05) is 12.1 Å². The summed E-state index contributed by atoms with van der Waals surface area (Å²) < 4.78 is 7.52. The highest BCUT2D eigenvalue weighted by Gasteiger charge is 2.26. The number of carbonyl (C=O) groups is 1. The molecule has 9 heteroatoms. The monoisotopic (exact) mass is 360 g/mol. The summed E-state index contributed by atoms with van der Waals surface area (Å²) in [5, 5.41) is -0.345. The normalized spacial score (nSPS) is 12.4. The molecule has 130 valence electrons. The van der Waals surface area contributed by atoms with E-state index in [-0.39, 0.29) is 11.4 Å². The highest BCUT2D eigenvalue weighted by molar-refractivity contribution is 8.00. The lowest BCUT2D eigenvalue weighted by molar-refractivity contribution is 0.0991. The first-order chi connectivity index (χ1) is 11.8. The molecule has 0 aliphatic heterocycles. The van der Waals surface area contributed by atoms with E-state index in [4.69, 9.17) is 10.2 Å². The van der Waals surface area contributed by atoms with E-state index in [0.717, 1.165) is 20.9 Å². The summed E-state index contributed by atoms with van der Waals surface area (Å²) in [6, 6.07) is 7.24. The number of thioether (sulfide) groups is 1. The van der Waals surface area contributed by atoms with Crippen LogP contribution in [0, 0.1) is 0 Å². The number of fused-ring (bicyclic) bond motifs is 1. The molecule has 0 saturated carbocycles. The minimum Gasteiger partial charge on any atom is -0.431 e. The Labute approximate surface area is 146 Å². The number of aromatic nitrogens is 3. The number of hydrogen-bond donors (Lipinski definition) is 1. The van der Waals surface area contributed by atoms with Gasteiger partial charge in [-0.1, -0.05) is 23.9 Å². The molecule has 1 aromatic carbocycles. The Balaban J connectivity index is 1.95. The van der Waals surface area contributed by atoms with Gasteiger partial charge in [-0.15, -0.1) is 0 Å². The fraction of sp³-hybridized carbons (Fsp3) is 0.250. The zero-order valence-electron chi connectivity index (χ0n) is 13.8. The molecule has 3 rings (SSSR count). The summed E-state index contributed by atoms with van der Waals surface area (Å²) in [6.07, 6.45) is 0. The highest BCUT2D eigenvalue weighted by Crippen LogP contribution is 2.28. The van der Waals surface area contributed by atoms with Gasteiger partial charge < -0.3 is 10.2 Å². The molecule has 0 aliphatic carbocycles. The van der Waals surface area contributed by atoms with Crippen LogP contribution in [0.4, 0.5) is 5.82 Å². The van der Waals surface area contributed by atoms with Crippen LogP contribution in [0.15, 0.2) is 43.5 Å². The second kappa shape index (κ2) is 6.25. The van der Waals surface area contributed by atoms with Crippen molar-refractivity contribution in [1.29, 1.82) is 0 Å². The van der Waals surface area contributed by atoms with Gasteiger partial charge in [0, 0.05) is 14.1 Å². The van der Waals surface area contributed by atoms with Crippen LogP contribution in [0.5, 0.6) is 0 Å². The Morgan fingerprint density at radius 1 is 1.24 bits per heavy atom. The van der Waals surface area contributed by atoms with Crippen molar-refractivity contribution in [3.63, 3.8) is 0 Å². The summed E-state index contributed by atoms with van der Waals surface area (Å²) in [6.45, 7) is 1.63. The van der Waals surface area contributed by atoms with Gasteiger partial charge in [0.1, 0.15) is 16.9 Å². The smallest absolute Gasteiger partial charge is 0.332 e. The van der Waals surface area contributed by atoms with Crippen LogP contribution in [0.1, 0.15) is 17.3 Å². The summed E-state index contributed by atoms with van der Waals surface area (Å²) in [5.74, 6) is -0.635. The van der Waals surface area contributed by atoms with Crippen LogP contribution in [-0.2, 0) is 14.1 Å². The Morgan fingerprint density at radius 3 is 2.60 bits per heavy atom. The topological polar surface area (TPSA) is 113 Å². The number of nitrogen functional groups attached to an aromatic ring is 1. The number of anilines is 1. The third kappa shape index (κ3) is 2.86. The number of carbonyl (C=O) groups excluding carboxylic acids is 1. The van der Waals surface area contributed by atoms with Crippen molar-refractivity contribution in [2.24, 2.45) is 14.1 Å². The van der Waals surface area contributed by atoms with E-state index in [2.05, 4.69) is 4.98 Å². The van der Waals surface area contributed by atoms with Crippen LogP contribution >= 0.6 is 11.8 Å². The molecular formula is C16H16N4O4S. The van der Waals surface area contributed by atoms with Crippen molar-refractivity contribution in [2.75, 3.05) is 5.73 Å². The second-order valence-electron chi connectivity index (χ2n) is 5.54. The molecule has 0 radical (unpaired) electrons. The highest BCUT2D eigenvalue weighted by atomic mass is 32.2. The molecule has 2 heterocycles. The first-order valence-corrected chi connectivity index (χ1v) is 8.31. The first kappa shape index (κ1) is 17.0. The van der Waals surface area contributed by atoms with Gasteiger partial charge in [0.15, 0.2) is 11.4 Å². The van der Waals surface area contributed by atoms with Gasteiger partial charge in [0.2, 0.25) is 0 Å². The Bertz CT molecular complexity index is 1060. The quantitative estimate of drug-likeness (QED) is 0.549. The maximum atomic E-state index is 12.7. The molecule has 0 spiro atoms. The van der Waals surface area contributed by atoms with Crippen LogP contribution < -0.4 is 17.0 Å². The van der Waals surface area contributed by atoms with Gasteiger partial charge in [-0.2, -0.15) is 0 Å². The molecule has 1 atom stereocenters. The first-order valence-electron chi connectivity index (χ1n) is 7.43. The molecule has 0 unspecified atom stereocenters. The van der Waals surface area contributed by atoms with Gasteiger partial charge in [0.25, 0.3) is 10.8 Å². The Kier molecular flexibility index (Phi) is 4.25. The molecular weight excluding hydrogens is 344 g/mol. The maximum absolute atomic E-state index is 12.7. The Hall–Kier alpha value is -2.81. The van der Waals surface area contributed by atoms with E-state index in [0.29, 0.717) is 16.3 Å². The summed E-state index contributed by atoms with van der Waals surface area (Å²) in [5.41, 5.74) is 5.62. The molecule has 25 heavy (non-hydrogen) atoms. The molecule has 3 aromatic rings. The Morgan fingerprint density at radius 2 is 1.92 bits per heavy atom. The zero-order chi connectivity index (χ0) is 18.3. The number of rotatable bonds is 4. The van der Waals surface area contributed by atoms with Crippen LogP contribution in [0.3, 0.4) is 0 Å². The molecule has 0 saturated heterocycles. The number of oxazole rings is 1. The molecule has 2 N–H and O–H groups in total. The lowest BCUT2D eigenvalue weighted by Crippen LogP contribution is -2.42. The molecule has 2 aromatic heterocycles. The van der Waals surface area contributed by atoms with Crippen LogP contribution in [0.2, 0.25) is 0 Å². The lowest BCUT2D eigenvalue weighted by atomic mass is 10.1. The third-order valence-electron chi connectivity index (χ3n) is 3.88. The van der Waals surface area contributed by atoms with Crippen molar-refractivity contribution < 1.29 is 9.21 Å². The SMILES string of the molecule is C[C@H](Sc1nc2ccccc2o1)C(=O)c1c(N)n(C)c(=O)n(C)c1=O. The number of para-hydroxylation sites is 2. The second-order valence-corrected chi connectivity index (χ2v) is 6.83. The lowest BCUT2D eigenvalue weighted by Gasteiger charge is -2.13. The van der Waals surface area contributed by atoms with Crippen molar-refractivity contribution in [1.82, 2.24) is 14.1 Å². The number of Topliss-reactive ketones (excluding diaryl/α,β-unsaturated/α-hetero) is 1. The van der Waals surface area contributed by atoms with Crippen LogP contribution in [-0.4, -0.2) is 25.2 Å². The minimum absolute atomic E-state index is 0.150. The molecule has 0 amide bonds. The molecule has 8 nitrogen and oxygen atoms in total. The van der Waals surface area contributed by atoms with Gasteiger partial charge in [-0.3, -0.25) is 18.7 Å². The van der Waals surface area contributed by atoms with Crippen molar-refractivity contribution in [3.8, 4) is 0 Å². The zero-order valence-corrected chi connectivity index (χ0v) is 14.7. The number of hydrogen-bond acceptors (Lipinski definition) is 7. The van der Waals surface area contributed by atoms with Crippen molar-refractivity contribution in [2.45, 2.75) is 17.4 Å². The van der Waals surface area contributed by atoms with Gasteiger partial charge in [0.05, 0.1) is 5.25 Å². The number of benzene rings is 1. The van der Waals surface area contributed by atoms with E-state index >= 15 is 0 Å². The maximum Gasteiger partial charge on any atom is 0.332 e. The number of ketones is 1. The largest absolute Gasteiger partial charge is 0.431 e. The van der Waals surface area contributed by atoms with E-state index in [1.165, 1.54) is 14.1 Å². The molecule has 0 aliphatic rings.